The minimum Gasteiger partial charge on any atom is -0.334 e. The van der Waals surface area contributed by atoms with Gasteiger partial charge in [-0.1, -0.05) is 34.1 Å². The van der Waals surface area contributed by atoms with E-state index in [2.05, 4.69) is 25.9 Å². The molecule has 2 aromatic carbocycles. The van der Waals surface area contributed by atoms with Crippen molar-refractivity contribution < 1.29 is 4.79 Å². The quantitative estimate of drug-likeness (QED) is 0.769. The molecular weight excluding hydrogens is 358 g/mol. The van der Waals surface area contributed by atoms with Gasteiger partial charge in [0, 0.05) is 17.1 Å². The first-order chi connectivity index (χ1) is 11.0. The fourth-order valence-electron chi connectivity index (χ4n) is 2.35. The Kier molecular flexibility index (Phi) is 4.25. The number of fused-ring (bicyclic) bond motifs is 1. The average Bonchev–Trinajstić information content (AvgIpc) is 2.54. The standard InChI is InChI=1S/C17H14BrN3O2/c1-21(17(23)11-5-4-6-12(18)9-11)10-15-19-14-8-3-2-7-13(14)16(22)20-15/h2-9H,10H2,1H3,(H,19,20,22). The molecule has 0 aliphatic heterocycles. The van der Waals surface area contributed by atoms with Crippen LogP contribution in [0.3, 0.4) is 0 Å². The third-order valence-electron chi connectivity index (χ3n) is 3.47. The van der Waals surface area contributed by atoms with Gasteiger partial charge in [-0.05, 0) is 30.3 Å². The Morgan fingerprint density at radius 3 is 2.78 bits per heavy atom. The first kappa shape index (κ1) is 15.4. The van der Waals surface area contributed by atoms with Gasteiger partial charge in [0.15, 0.2) is 0 Å². The number of aromatic amines is 1. The van der Waals surface area contributed by atoms with Crippen molar-refractivity contribution in [1.82, 2.24) is 14.9 Å². The summed E-state index contributed by atoms with van der Waals surface area (Å²) in [6.45, 7) is 0.228. The molecule has 0 atom stereocenters. The van der Waals surface area contributed by atoms with Crippen molar-refractivity contribution in [1.29, 1.82) is 0 Å². The van der Waals surface area contributed by atoms with Gasteiger partial charge < -0.3 is 9.88 Å². The van der Waals surface area contributed by atoms with Crippen molar-refractivity contribution in [3.63, 3.8) is 0 Å². The summed E-state index contributed by atoms with van der Waals surface area (Å²) in [6, 6.07) is 14.3. The highest BCUT2D eigenvalue weighted by Crippen LogP contribution is 2.14. The van der Waals surface area contributed by atoms with E-state index in [1.165, 1.54) is 4.90 Å². The number of hydrogen-bond acceptors (Lipinski definition) is 3. The number of amides is 1. The predicted octanol–water partition coefficient (Wildman–Crippen LogP) is 2.96. The normalized spacial score (nSPS) is 10.7. The van der Waals surface area contributed by atoms with Crippen LogP contribution in [0, 0.1) is 0 Å². The molecule has 0 spiro atoms. The van der Waals surface area contributed by atoms with Gasteiger partial charge in [-0.2, -0.15) is 0 Å². The molecule has 0 bridgehead atoms. The second-order valence-corrected chi connectivity index (χ2v) is 6.12. The number of rotatable bonds is 3. The summed E-state index contributed by atoms with van der Waals surface area (Å²) in [5.41, 5.74) is 0.994. The summed E-state index contributed by atoms with van der Waals surface area (Å²) in [4.78, 5) is 33.2. The zero-order chi connectivity index (χ0) is 16.4. The summed E-state index contributed by atoms with van der Waals surface area (Å²) in [5.74, 6) is 0.321. The molecule has 5 nitrogen and oxygen atoms in total. The Bertz CT molecular complexity index is 936. The highest BCUT2D eigenvalue weighted by atomic mass is 79.9. The number of halogens is 1. The summed E-state index contributed by atoms with van der Waals surface area (Å²) >= 11 is 3.35. The summed E-state index contributed by atoms with van der Waals surface area (Å²) in [5, 5.41) is 0.539. The van der Waals surface area contributed by atoms with Gasteiger partial charge in [0.05, 0.1) is 17.4 Å². The SMILES string of the molecule is CN(Cc1nc2ccccc2c(=O)[nH]1)C(=O)c1cccc(Br)c1. The lowest BCUT2D eigenvalue weighted by Gasteiger charge is -2.17. The largest absolute Gasteiger partial charge is 0.334 e. The number of nitrogens with one attached hydrogen (secondary N) is 1. The van der Waals surface area contributed by atoms with Crippen molar-refractivity contribution in [3.05, 3.63) is 74.7 Å². The van der Waals surface area contributed by atoms with E-state index in [1.807, 2.05) is 12.1 Å². The first-order valence-corrected chi connectivity index (χ1v) is 7.83. The zero-order valence-electron chi connectivity index (χ0n) is 12.4. The fourth-order valence-corrected chi connectivity index (χ4v) is 2.75. The van der Waals surface area contributed by atoms with E-state index < -0.39 is 0 Å². The molecule has 0 aliphatic rings. The van der Waals surface area contributed by atoms with Crippen molar-refractivity contribution in [2.24, 2.45) is 0 Å². The monoisotopic (exact) mass is 371 g/mol. The van der Waals surface area contributed by atoms with Crippen LogP contribution in [0.1, 0.15) is 16.2 Å². The molecule has 23 heavy (non-hydrogen) atoms. The summed E-state index contributed by atoms with van der Waals surface area (Å²) in [7, 11) is 1.68. The highest BCUT2D eigenvalue weighted by molar-refractivity contribution is 9.10. The molecule has 1 amide bonds. The number of carbonyl (C=O) groups is 1. The maximum atomic E-state index is 12.4. The lowest BCUT2D eigenvalue weighted by atomic mass is 10.2. The number of benzene rings is 2. The maximum absolute atomic E-state index is 12.4. The summed E-state index contributed by atoms with van der Waals surface area (Å²) < 4.78 is 0.842. The van der Waals surface area contributed by atoms with Crippen molar-refractivity contribution >= 4 is 32.7 Å². The van der Waals surface area contributed by atoms with E-state index in [1.54, 1.807) is 43.4 Å². The number of hydrogen-bond donors (Lipinski definition) is 1. The lowest BCUT2D eigenvalue weighted by molar-refractivity contribution is 0.0781. The molecule has 0 aliphatic carbocycles. The molecule has 0 radical (unpaired) electrons. The lowest BCUT2D eigenvalue weighted by Crippen LogP contribution is -2.28. The molecule has 0 fully saturated rings. The minimum absolute atomic E-state index is 0.137. The third-order valence-corrected chi connectivity index (χ3v) is 3.96. The predicted molar refractivity (Wildman–Crippen MR) is 92.3 cm³/mol. The van der Waals surface area contributed by atoms with Crippen molar-refractivity contribution in [2.75, 3.05) is 7.05 Å². The van der Waals surface area contributed by atoms with Crippen LogP contribution in [0.25, 0.3) is 10.9 Å². The van der Waals surface area contributed by atoms with Gasteiger partial charge in [-0.25, -0.2) is 4.98 Å². The number of H-pyrrole nitrogens is 1. The third kappa shape index (κ3) is 3.32. The molecule has 1 N–H and O–H groups in total. The fraction of sp³-hybridized carbons (Fsp3) is 0.118. The van der Waals surface area contributed by atoms with Gasteiger partial charge in [0.2, 0.25) is 0 Å². The maximum Gasteiger partial charge on any atom is 0.258 e. The second kappa shape index (κ2) is 6.34. The van der Waals surface area contributed by atoms with Gasteiger partial charge in [0.25, 0.3) is 11.5 Å². The van der Waals surface area contributed by atoms with Crippen molar-refractivity contribution in [2.45, 2.75) is 6.54 Å². The van der Waals surface area contributed by atoms with Crippen molar-refractivity contribution in [3.8, 4) is 0 Å². The van der Waals surface area contributed by atoms with E-state index in [0.717, 1.165) is 4.47 Å². The molecule has 1 heterocycles. The van der Waals surface area contributed by atoms with E-state index >= 15 is 0 Å². The minimum atomic E-state index is -0.200. The van der Waals surface area contributed by atoms with Gasteiger partial charge >= 0.3 is 0 Å². The van der Waals surface area contributed by atoms with E-state index in [-0.39, 0.29) is 18.0 Å². The molecule has 0 saturated carbocycles. The van der Waals surface area contributed by atoms with Crippen LogP contribution >= 0.6 is 15.9 Å². The number of para-hydroxylation sites is 1. The molecule has 3 rings (SSSR count). The number of aromatic nitrogens is 2. The Balaban J connectivity index is 1.86. The molecule has 116 valence electrons. The van der Waals surface area contributed by atoms with Crippen LogP contribution in [0.15, 0.2) is 57.8 Å². The first-order valence-electron chi connectivity index (χ1n) is 7.03. The Morgan fingerprint density at radius 2 is 2.00 bits per heavy atom. The Morgan fingerprint density at radius 1 is 1.22 bits per heavy atom. The molecule has 0 unspecified atom stereocenters. The van der Waals surface area contributed by atoms with Crippen LogP contribution in [0.4, 0.5) is 0 Å². The molecule has 3 aromatic rings. The molecule has 6 heteroatoms. The van der Waals surface area contributed by atoms with E-state index in [0.29, 0.717) is 22.3 Å². The molecule has 0 saturated heterocycles. The topological polar surface area (TPSA) is 66.1 Å². The Labute approximate surface area is 141 Å². The van der Waals surface area contributed by atoms with E-state index in [9.17, 15) is 9.59 Å². The molecule has 1 aromatic heterocycles. The van der Waals surface area contributed by atoms with Crippen LogP contribution in [0.5, 0.6) is 0 Å². The van der Waals surface area contributed by atoms with Crippen LogP contribution in [-0.2, 0) is 6.54 Å². The second-order valence-electron chi connectivity index (χ2n) is 5.20. The zero-order valence-corrected chi connectivity index (χ0v) is 14.0. The van der Waals surface area contributed by atoms with Crippen LogP contribution in [-0.4, -0.2) is 27.8 Å². The average molecular weight is 372 g/mol. The number of nitrogens with zero attached hydrogens (tertiary/aromatic N) is 2. The van der Waals surface area contributed by atoms with Crippen LogP contribution in [0.2, 0.25) is 0 Å². The summed E-state index contributed by atoms with van der Waals surface area (Å²) in [6.07, 6.45) is 0. The van der Waals surface area contributed by atoms with Gasteiger partial charge in [-0.3, -0.25) is 9.59 Å². The smallest absolute Gasteiger partial charge is 0.258 e. The van der Waals surface area contributed by atoms with Gasteiger partial charge in [0.1, 0.15) is 5.82 Å². The Hall–Kier alpha value is -2.47. The van der Waals surface area contributed by atoms with Gasteiger partial charge in [-0.15, -0.1) is 0 Å². The molecular formula is C17H14BrN3O2. The number of carbonyl (C=O) groups excluding carboxylic acids is 1. The van der Waals surface area contributed by atoms with Crippen LogP contribution < -0.4 is 5.56 Å². The highest BCUT2D eigenvalue weighted by Gasteiger charge is 2.14. The van der Waals surface area contributed by atoms with E-state index in [4.69, 9.17) is 0 Å².